The first kappa shape index (κ1) is 11.0. The minimum Gasteiger partial charge on any atom is -0.385 e. The summed E-state index contributed by atoms with van der Waals surface area (Å²) in [6, 6.07) is 0.416. The van der Waals surface area contributed by atoms with E-state index in [4.69, 9.17) is 5.73 Å². The highest BCUT2D eigenvalue weighted by molar-refractivity contribution is 5.16. The number of anilines is 1. The Hall–Kier alpha value is -1.10. The van der Waals surface area contributed by atoms with Crippen LogP contribution in [0.4, 0.5) is 5.95 Å². The van der Waals surface area contributed by atoms with Gasteiger partial charge in [-0.3, -0.25) is 0 Å². The Morgan fingerprint density at radius 3 is 2.50 bits per heavy atom. The van der Waals surface area contributed by atoms with Crippen LogP contribution in [0.25, 0.3) is 0 Å². The van der Waals surface area contributed by atoms with Crippen LogP contribution in [-0.2, 0) is 0 Å². The fourth-order valence-corrected chi connectivity index (χ4v) is 1.23. The molecule has 1 saturated carbocycles. The van der Waals surface area contributed by atoms with Crippen molar-refractivity contribution in [2.24, 2.45) is 0 Å². The van der Waals surface area contributed by atoms with Crippen LogP contribution in [-0.4, -0.2) is 19.9 Å². The average Bonchev–Trinajstić information content (AvgIpc) is 2.93. The van der Waals surface area contributed by atoms with Crippen molar-refractivity contribution in [1.82, 2.24) is 14.8 Å². The maximum Gasteiger partial charge on any atom is 0.239 e. The summed E-state index contributed by atoms with van der Waals surface area (Å²) in [6.07, 6.45) is 1.64. The summed E-state index contributed by atoms with van der Waals surface area (Å²) in [7, 11) is 0. The maximum absolute atomic E-state index is 9.32. The van der Waals surface area contributed by atoms with Gasteiger partial charge in [0.15, 0.2) is 5.82 Å². The molecule has 3 N–H and O–H groups in total. The molecule has 0 spiro atoms. The Morgan fingerprint density at radius 1 is 1.50 bits per heavy atom. The lowest BCUT2D eigenvalue weighted by atomic mass is 10.4. The first-order valence-electron chi connectivity index (χ1n) is 5.08. The summed E-state index contributed by atoms with van der Waals surface area (Å²) < 4.78 is 1.74. The van der Waals surface area contributed by atoms with Crippen LogP contribution in [0.1, 0.15) is 51.6 Å². The second-order valence-electron chi connectivity index (χ2n) is 3.18. The first-order valence-corrected chi connectivity index (χ1v) is 5.08. The Balaban J connectivity index is 0.000000461. The van der Waals surface area contributed by atoms with Gasteiger partial charge in [-0.25, -0.2) is 4.68 Å². The second kappa shape index (κ2) is 4.41. The van der Waals surface area contributed by atoms with Crippen molar-refractivity contribution in [3.8, 4) is 0 Å². The fraction of sp³-hybridized carbons (Fsp3) is 0.778. The third-order valence-electron chi connectivity index (χ3n) is 1.94. The van der Waals surface area contributed by atoms with Crippen LogP contribution < -0.4 is 5.73 Å². The average molecular weight is 198 g/mol. The molecule has 1 unspecified atom stereocenters. The Kier molecular flexibility index (Phi) is 3.46. The van der Waals surface area contributed by atoms with Crippen LogP contribution in [0.5, 0.6) is 0 Å². The van der Waals surface area contributed by atoms with Crippen molar-refractivity contribution in [3.05, 3.63) is 5.82 Å². The zero-order chi connectivity index (χ0) is 10.7. The minimum atomic E-state index is -0.588. The number of nitrogen functional groups attached to an aromatic ring is 1. The predicted octanol–water partition coefficient (Wildman–Crippen LogP) is 1.27. The number of aromatic nitrogens is 3. The van der Waals surface area contributed by atoms with Crippen LogP contribution >= 0.6 is 0 Å². The van der Waals surface area contributed by atoms with E-state index in [9.17, 15) is 5.11 Å². The van der Waals surface area contributed by atoms with Gasteiger partial charge in [0.05, 0.1) is 6.04 Å². The van der Waals surface area contributed by atoms with Crippen molar-refractivity contribution < 1.29 is 5.11 Å². The Bertz CT molecular complexity index is 272. The molecule has 0 aliphatic heterocycles. The third kappa shape index (κ3) is 2.23. The van der Waals surface area contributed by atoms with E-state index in [1.54, 1.807) is 11.6 Å². The molecule has 1 aliphatic carbocycles. The molecular formula is C9H18N4O. The molecule has 0 bridgehead atoms. The summed E-state index contributed by atoms with van der Waals surface area (Å²) in [4.78, 5) is 3.95. The number of nitrogens with zero attached hydrogens (tertiary/aromatic N) is 3. The van der Waals surface area contributed by atoms with Gasteiger partial charge in [-0.1, -0.05) is 13.8 Å². The molecular weight excluding hydrogens is 180 g/mol. The van der Waals surface area contributed by atoms with Crippen LogP contribution in [0, 0.1) is 0 Å². The van der Waals surface area contributed by atoms with Gasteiger partial charge < -0.3 is 10.8 Å². The van der Waals surface area contributed by atoms with Crippen molar-refractivity contribution >= 4 is 5.95 Å². The second-order valence-corrected chi connectivity index (χ2v) is 3.18. The summed E-state index contributed by atoms with van der Waals surface area (Å²) in [5.41, 5.74) is 5.43. The summed E-state index contributed by atoms with van der Waals surface area (Å²) in [5.74, 6) is 0.827. The predicted molar refractivity (Wildman–Crippen MR) is 54.7 cm³/mol. The molecule has 1 aromatic rings. The number of aliphatic hydroxyl groups is 1. The molecule has 5 nitrogen and oxygen atoms in total. The molecule has 1 fully saturated rings. The molecule has 0 aromatic carbocycles. The van der Waals surface area contributed by atoms with Gasteiger partial charge in [0.25, 0.3) is 0 Å². The lowest BCUT2D eigenvalue weighted by Crippen LogP contribution is -2.06. The molecule has 1 aromatic heterocycles. The monoisotopic (exact) mass is 198 g/mol. The molecule has 5 heteroatoms. The van der Waals surface area contributed by atoms with E-state index in [0.717, 1.165) is 12.8 Å². The van der Waals surface area contributed by atoms with Crippen molar-refractivity contribution in [2.45, 2.75) is 45.8 Å². The molecule has 1 aliphatic rings. The molecule has 1 atom stereocenters. The maximum atomic E-state index is 9.32. The third-order valence-corrected chi connectivity index (χ3v) is 1.94. The van der Waals surface area contributed by atoms with Crippen molar-refractivity contribution in [1.29, 1.82) is 0 Å². The van der Waals surface area contributed by atoms with E-state index < -0.39 is 6.10 Å². The molecule has 0 radical (unpaired) electrons. The molecule has 1 heterocycles. The van der Waals surface area contributed by atoms with Crippen LogP contribution in [0.2, 0.25) is 0 Å². The quantitative estimate of drug-likeness (QED) is 0.750. The normalized spacial score (nSPS) is 17.1. The molecule has 0 saturated heterocycles. The number of aliphatic hydroxyl groups excluding tert-OH is 1. The van der Waals surface area contributed by atoms with Crippen molar-refractivity contribution in [2.75, 3.05) is 5.73 Å². The number of hydrogen-bond donors (Lipinski definition) is 2. The van der Waals surface area contributed by atoms with Gasteiger partial charge >= 0.3 is 0 Å². The SMILES string of the molecule is CC.CC(O)c1nc(N)nn1C1CC1. The van der Waals surface area contributed by atoms with Gasteiger partial charge in [-0.2, -0.15) is 4.98 Å². The highest BCUT2D eigenvalue weighted by atomic mass is 16.3. The molecule has 0 amide bonds. The van der Waals surface area contributed by atoms with E-state index in [-0.39, 0.29) is 5.95 Å². The minimum absolute atomic E-state index is 0.248. The smallest absolute Gasteiger partial charge is 0.239 e. The topological polar surface area (TPSA) is 77.0 Å². The zero-order valence-electron chi connectivity index (χ0n) is 8.94. The van der Waals surface area contributed by atoms with Crippen LogP contribution in [0.3, 0.4) is 0 Å². The van der Waals surface area contributed by atoms with Gasteiger partial charge in [0.1, 0.15) is 6.10 Å². The lowest BCUT2D eigenvalue weighted by molar-refractivity contribution is 0.182. The molecule has 14 heavy (non-hydrogen) atoms. The van der Waals surface area contributed by atoms with E-state index in [1.807, 2.05) is 13.8 Å². The van der Waals surface area contributed by atoms with E-state index in [1.165, 1.54) is 0 Å². The first-order chi connectivity index (χ1) is 6.68. The number of nitrogens with two attached hydrogens (primary N) is 1. The number of hydrogen-bond acceptors (Lipinski definition) is 4. The van der Waals surface area contributed by atoms with E-state index >= 15 is 0 Å². The Morgan fingerprint density at radius 2 is 2.07 bits per heavy atom. The summed E-state index contributed by atoms with van der Waals surface area (Å²) >= 11 is 0. The van der Waals surface area contributed by atoms with E-state index in [2.05, 4.69) is 10.1 Å². The van der Waals surface area contributed by atoms with E-state index in [0.29, 0.717) is 11.9 Å². The van der Waals surface area contributed by atoms with Gasteiger partial charge in [-0.05, 0) is 19.8 Å². The highest BCUT2D eigenvalue weighted by Gasteiger charge is 2.29. The van der Waals surface area contributed by atoms with Gasteiger partial charge in [-0.15, -0.1) is 5.10 Å². The van der Waals surface area contributed by atoms with Crippen molar-refractivity contribution in [3.63, 3.8) is 0 Å². The fourth-order valence-electron chi connectivity index (χ4n) is 1.23. The highest BCUT2D eigenvalue weighted by Crippen LogP contribution is 2.36. The summed E-state index contributed by atoms with van der Waals surface area (Å²) in [5, 5.41) is 13.3. The standard InChI is InChI=1S/C7H12N4O.C2H6/c1-4(12)6-9-7(8)10-11(6)5-2-3-5;1-2/h4-5,12H,2-3H2,1H3,(H2,8,10);1-2H3. The van der Waals surface area contributed by atoms with Gasteiger partial charge in [0, 0.05) is 0 Å². The summed E-state index contributed by atoms with van der Waals surface area (Å²) in [6.45, 7) is 5.67. The van der Waals surface area contributed by atoms with Gasteiger partial charge in [0.2, 0.25) is 5.95 Å². The molecule has 80 valence electrons. The number of rotatable bonds is 2. The lowest BCUT2D eigenvalue weighted by Gasteiger charge is -2.04. The Labute approximate surface area is 83.9 Å². The van der Waals surface area contributed by atoms with Crippen LogP contribution in [0.15, 0.2) is 0 Å². The molecule has 2 rings (SSSR count). The zero-order valence-corrected chi connectivity index (χ0v) is 8.94. The largest absolute Gasteiger partial charge is 0.385 e.